The zero-order valence-electron chi connectivity index (χ0n) is 40.2. The van der Waals surface area contributed by atoms with Gasteiger partial charge in [0.2, 0.25) is 0 Å². The standard InChI is InChI=1S/C21H24O2.C19H23ClO2.C19H24O2/c1-4-14-23-21-12-8-19(9-13-21)17(5-2)15-16(3)18-6-10-20(22)11-7-18;1-4-14(15-5-8-17(20)9-6-15)11-13(2)16-7-10-18(21)19(12-16)22-3;1-4-15(16-8-6-5-7-9-16)12-14(2)17-10-11-18(20)19(13-17)21-3/h1,6-13,16-17,22H,5,14-15H2,2-3H3;5-10,12-14,21H,4,11H2,1-3H3;5-11,13-15,20H,4,12H2,1-3H3. The predicted molar refractivity (Wildman–Crippen MR) is 274 cm³/mol. The predicted octanol–water partition coefficient (Wildman–Crippen LogP) is 15.9. The summed E-state index contributed by atoms with van der Waals surface area (Å²) in [6, 6.07) is 45.8. The topological polar surface area (TPSA) is 88.4 Å². The van der Waals surface area contributed by atoms with E-state index in [9.17, 15) is 15.3 Å². The quantitative estimate of drug-likeness (QED) is 0.0702. The van der Waals surface area contributed by atoms with E-state index in [1.54, 1.807) is 38.5 Å². The van der Waals surface area contributed by atoms with E-state index in [0.29, 0.717) is 59.4 Å². The van der Waals surface area contributed by atoms with E-state index in [0.717, 1.165) is 49.3 Å². The van der Waals surface area contributed by atoms with Crippen molar-refractivity contribution >= 4 is 11.6 Å². The minimum atomic E-state index is 0.184. The van der Waals surface area contributed by atoms with Crippen LogP contribution in [0.4, 0.5) is 0 Å². The second-order valence-electron chi connectivity index (χ2n) is 17.2. The van der Waals surface area contributed by atoms with Crippen molar-refractivity contribution in [1.29, 1.82) is 0 Å². The molecule has 6 nitrogen and oxygen atoms in total. The third-order valence-corrected chi connectivity index (χ3v) is 12.9. The van der Waals surface area contributed by atoms with Gasteiger partial charge in [-0.15, -0.1) is 6.42 Å². The van der Waals surface area contributed by atoms with Gasteiger partial charge in [-0.3, -0.25) is 0 Å². The fraction of sp³-hybridized carbons (Fsp3) is 0.356. The average molecular weight is 912 g/mol. The Morgan fingerprint density at radius 2 is 0.879 bits per heavy atom. The molecule has 7 heteroatoms. The first-order valence-corrected chi connectivity index (χ1v) is 23.7. The molecule has 0 radical (unpaired) electrons. The summed E-state index contributed by atoms with van der Waals surface area (Å²) in [5.41, 5.74) is 7.70. The van der Waals surface area contributed by atoms with Gasteiger partial charge in [-0.05, 0) is 168 Å². The SMILES string of the molecule is C#CCOc1ccc(C(CC)CC(C)c2ccc(O)cc2)cc1.CCC(CC(C)c1ccc(O)c(OC)c1)c1ccc(Cl)cc1.CCC(CC(C)c1ccc(O)c(OC)c1)c1ccccc1. The summed E-state index contributed by atoms with van der Waals surface area (Å²) in [6.45, 7) is 13.7. The number of aromatic hydroxyl groups is 3. The summed E-state index contributed by atoms with van der Waals surface area (Å²) >= 11 is 5.97. The lowest BCUT2D eigenvalue weighted by atomic mass is 9.84. The second-order valence-corrected chi connectivity index (χ2v) is 17.6. The van der Waals surface area contributed by atoms with Crippen LogP contribution in [0.1, 0.15) is 149 Å². The highest BCUT2D eigenvalue weighted by atomic mass is 35.5. The number of halogens is 1. The summed E-state index contributed by atoms with van der Waals surface area (Å²) in [5, 5.41) is 29.6. The maximum atomic E-state index is 9.71. The highest BCUT2D eigenvalue weighted by molar-refractivity contribution is 6.30. The molecular weight excluding hydrogens is 840 g/mol. The maximum absolute atomic E-state index is 9.71. The van der Waals surface area contributed by atoms with Crippen LogP contribution in [-0.2, 0) is 0 Å². The zero-order chi connectivity index (χ0) is 48.0. The fourth-order valence-electron chi connectivity index (χ4n) is 8.53. The number of terminal acetylenes is 1. The van der Waals surface area contributed by atoms with Crippen LogP contribution in [0.2, 0.25) is 5.02 Å². The third kappa shape index (κ3) is 16.1. The van der Waals surface area contributed by atoms with Gasteiger partial charge in [0.1, 0.15) is 18.1 Å². The number of phenolic OH excluding ortho intramolecular Hbond substituents is 3. The molecule has 0 aliphatic heterocycles. The van der Waals surface area contributed by atoms with Gasteiger partial charge in [0.25, 0.3) is 0 Å². The smallest absolute Gasteiger partial charge is 0.160 e. The maximum Gasteiger partial charge on any atom is 0.160 e. The molecule has 0 aliphatic carbocycles. The summed E-state index contributed by atoms with van der Waals surface area (Å²) in [7, 11) is 3.16. The molecule has 0 amide bonds. The summed E-state index contributed by atoms with van der Waals surface area (Å²) in [5.74, 6) is 7.86. The molecular formula is C59H71ClO6. The van der Waals surface area contributed by atoms with Crippen LogP contribution in [0.5, 0.6) is 34.5 Å². The van der Waals surface area contributed by atoms with Crippen molar-refractivity contribution in [3.05, 3.63) is 178 Å². The zero-order valence-corrected chi connectivity index (χ0v) is 41.0. The van der Waals surface area contributed by atoms with Crippen molar-refractivity contribution in [2.75, 3.05) is 20.8 Å². The van der Waals surface area contributed by atoms with Crippen molar-refractivity contribution in [2.24, 2.45) is 0 Å². The van der Waals surface area contributed by atoms with Crippen molar-refractivity contribution in [2.45, 2.75) is 116 Å². The average Bonchev–Trinajstić information content (AvgIpc) is 3.35. The first-order chi connectivity index (χ1) is 31.8. The van der Waals surface area contributed by atoms with Gasteiger partial charge < -0.3 is 29.5 Å². The van der Waals surface area contributed by atoms with Crippen LogP contribution >= 0.6 is 11.6 Å². The van der Waals surface area contributed by atoms with Gasteiger partial charge in [-0.25, -0.2) is 0 Å². The number of ether oxygens (including phenoxy) is 3. The number of hydrogen-bond donors (Lipinski definition) is 3. The summed E-state index contributed by atoms with van der Waals surface area (Å²) in [4.78, 5) is 0. The van der Waals surface area contributed by atoms with E-state index < -0.39 is 0 Å². The van der Waals surface area contributed by atoms with Gasteiger partial charge >= 0.3 is 0 Å². The first-order valence-electron chi connectivity index (χ1n) is 23.3. The van der Waals surface area contributed by atoms with Gasteiger partial charge in [-0.2, -0.15) is 0 Å². The molecule has 0 heterocycles. The van der Waals surface area contributed by atoms with E-state index in [1.165, 1.54) is 33.4 Å². The van der Waals surface area contributed by atoms with Gasteiger partial charge in [-0.1, -0.05) is 138 Å². The molecule has 6 unspecified atom stereocenters. The minimum Gasteiger partial charge on any atom is -0.508 e. The van der Waals surface area contributed by atoms with Crippen molar-refractivity contribution in [3.63, 3.8) is 0 Å². The van der Waals surface area contributed by atoms with Crippen LogP contribution in [0, 0.1) is 12.3 Å². The molecule has 6 aromatic carbocycles. The van der Waals surface area contributed by atoms with E-state index >= 15 is 0 Å². The Balaban J connectivity index is 0.000000217. The van der Waals surface area contributed by atoms with Crippen molar-refractivity contribution in [1.82, 2.24) is 0 Å². The lowest BCUT2D eigenvalue weighted by Gasteiger charge is -2.21. The van der Waals surface area contributed by atoms with Crippen LogP contribution in [0.25, 0.3) is 0 Å². The van der Waals surface area contributed by atoms with Gasteiger partial charge in [0.15, 0.2) is 23.0 Å². The normalized spacial score (nSPS) is 13.5. The van der Waals surface area contributed by atoms with Gasteiger partial charge in [0, 0.05) is 5.02 Å². The highest BCUT2D eigenvalue weighted by Crippen LogP contribution is 2.38. The Morgan fingerprint density at radius 1 is 0.500 bits per heavy atom. The van der Waals surface area contributed by atoms with Crippen LogP contribution in [0.15, 0.2) is 140 Å². The molecule has 0 saturated carbocycles. The number of methoxy groups -OCH3 is 2. The molecule has 0 aliphatic rings. The molecule has 6 aromatic rings. The Bertz CT molecular complexity index is 2340. The largest absolute Gasteiger partial charge is 0.508 e. The third-order valence-electron chi connectivity index (χ3n) is 12.7. The van der Waals surface area contributed by atoms with E-state index in [-0.39, 0.29) is 11.5 Å². The molecule has 6 rings (SSSR count). The Morgan fingerprint density at radius 3 is 1.29 bits per heavy atom. The molecule has 3 N–H and O–H groups in total. The number of benzene rings is 6. The number of phenols is 3. The fourth-order valence-corrected chi connectivity index (χ4v) is 8.66. The molecule has 0 bridgehead atoms. The molecule has 0 spiro atoms. The van der Waals surface area contributed by atoms with Crippen molar-refractivity contribution in [3.8, 4) is 46.8 Å². The van der Waals surface area contributed by atoms with E-state index in [1.807, 2.05) is 60.7 Å². The highest BCUT2D eigenvalue weighted by Gasteiger charge is 2.19. The Kier molecular flexibility index (Phi) is 21.9. The van der Waals surface area contributed by atoms with E-state index in [2.05, 4.69) is 102 Å². The lowest BCUT2D eigenvalue weighted by molar-refractivity contribution is 0.370. The van der Waals surface area contributed by atoms with Crippen LogP contribution in [0.3, 0.4) is 0 Å². The molecule has 0 saturated heterocycles. The Hall–Kier alpha value is -6.03. The van der Waals surface area contributed by atoms with Crippen molar-refractivity contribution < 1.29 is 29.5 Å². The monoisotopic (exact) mass is 910 g/mol. The van der Waals surface area contributed by atoms with Crippen LogP contribution in [-0.4, -0.2) is 36.1 Å². The first kappa shape index (κ1) is 52.6. The molecule has 66 heavy (non-hydrogen) atoms. The summed E-state index contributed by atoms with van der Waals surface area (Å²) < 4.78 is 15.8. The Labute approximate surface area is 400 Å². The van der Waals surface area contributed by atoms with Gasteiger partial charge in [0.05, 0.1) is 14.2 Å². The summed E-state index contributed by atoms with van der Waals surface area (Å²) in [6.07, 6.45) is 11.7. The molecule has 6 atom stereocenters. The molecule has 350 valence electrons. The number of rotatable bonds is 19. The molecule has 0 aromatic heterocycles. The number of hydrogen-bond acceptors (Lipinski definition) is 6. The molecule has 0 fully saturated rings. The van der Waals surface area contributed by atoms with E-state index in [4.69, 9.17) is 32.2 Å². The van der Waals surface area contributed by atoms with Crippen LogP contribution < -0.4 is 14.2 Å². The second kappa shape index (κ2) is 27.4. The lowest BCUT2D eigenvalue weighted by Crippen LogP contribution is -2.04. The minimum absolute atomic E-state index is 0.184.